The number of nitrogens with zero attached hydrogens (tertiary/aromatic N) is 2. The third kappa shape index (κ3) is 3.33. The Bertz CT molecular complexity index is 868. The number of likely N-dealkylation sites (tertiary alicyclic amines) is 1. The summed E-state index contributed by atoms with van der Waals surface area (Å²) in [5.41, 5.74) is 6.19. The van der Waals surface area contributed by atoms with Crippen molar-refractivity contribution in [3.8, 4) is 0 Å². The Morgan fingerprint density at radius 3 is 2.68 bits per heavy atom. The van der Waals surface area contributed by atoms with E-state index in [0.717, 1.165) is 9.80 Å². The number of hydrogen-bond donors (Lipinski definition) is 2. The molecule has 0 bridgehead atoms. The number of fused-ring (bicyclic) bond motifs is 1. The number of anilines is 1. The molecule has 3 N–H and O–H groups in total. The van der Waals surface area contributed by atoms with Crippen molar-refractivity contribution >= 4 is 35.3 Å². The van der Waals surface area contributed by atoms with E-state index in [-0.39, 0.29) is 49.4 Å². The molecule has 0 aromatic heterocycles. The zero-order valence-corrected chi connectivity index (χ0v) is 15.3. The quantitative estimate of drug-likeness (QED) is 0.365. The average molecular weight is 388 g/mol. The molecule has 2 heterocycles. The number of likely N-dealkylation sites (N-methyl/N-ethyl adjacent to an activating group) is 1. The molecule has 10 nitrogen and oxygen atoms in total. The van der Waals surface area contributed by atoms with Crippen LogP contribution in [0.5, 0.6) is 0 Å². The lowest BCUT2D eigenvalue weighted by atomic mass is 10.0. The Hall–Kier alpha value is -3.27. The van der Waals surface area contributed by atoms with E-state index in [9.17, 15) is 24.0 Å². The number of piperidine rings is 1. The Morgan fingerprint density at radius 2 is 2.00 bits per heavy atom. The van der Waals surface area contributed by atoms with Gasteiger partial charge in [0.25, 0.3) is 17.7 Å². The largest absolute Gasteiger partial charge is 0.463 e. The van der Waals surface area contributed by atoms with Crippen LogP contribution in [0.2, 0.25) is 0 Å². The van der Waals surface area contributed by atoms with E-state index in [2.05, 4.69) is 5.32 Å². The molecule has 1 fully saturated rings. The average Bonchev–Trinajstić information content (AvgIpc) is 2.90. The second-order valence-electron chi connectivity index (χ2n) is 6.44. The number of carbonyl (C=O) groups excluding carboxylic acids is 5. The minimum Gasteiger partial charge on any atom is -0.463 e. The SMILES string of the molecule is CNCC(=O)OCCN1C(=O)CCC(N2C(=O)c3cccc(N)c3C2=O)C1=O. The van der Waals surface area contributed by atoms with Crippen LogP contribution in [0.1, 0.15) is 33.6 Å². The van der Waals surface area contributed by atoms with Crippen molar-refractivity contribution in [1.82, 2.24) is 15.1 Å². The van der Waals surface area contributed by atoms with Gasteiger partial charge >= 0.3 is 5.97 Å². The summed E-state index contributed by atoms with van der Waals surface area (Å²) in [4.78, 5) is 63.6. The highest BCUT2D eigenvalue weighted by Gasteiger charge is 2.47. The van der Waals surface area contributed by atoms with Crippen LogP contribution in [0.4, 0.5) is 5.69 Å². The Morgan fingerprint density at radius 1 is 1.25 bits per heavy atom. The van der Waals surface area contributed by atoms with E-state index in [4.69, 9.17) is 10.5 Å². The van der Waals surface area contributed by atoms with Gasteiger partial charge in [-0.2, -0.15) is 0 Å². The van der Waals surface area contributed by atoms with Crippen LogP contribution < -0.4 is 11.1 Å². The maximum Gasteiger partial charge on any atom is 0.319 e. The monoisotopic (exact) mass is 388 g/mol. The van der Waals surface area contributed by atoms with Gasteiger partial charge in [0.2, 0.25) is 5.91 Å². The summed E-state index contributed by atoms with van der Waals surface area (Å²) in [6.07, 6.45) is 0.0306. The molecule has 2 aliphatic heterocycles. The van der Waals surface area contributed by atoms with Gasteiger partial charge < -0.3 is 15.8 Å². The number of nitrogen functional groups attached to an aromatic ring is 1. The van der Waals surface area contributed by atoms with Crippen molar-refractivity contribution in [1.29, 1.82) is 0 Å². The number of amides is 4. The van der Waals surface area contributed by atoms with Crippen molar-refractivity contribution in [2.45, 2.75) is 18.9 Å². The van der Waals surface area contributed by atoms with Crippen molar-refractivity contribution < 1.29 is 28.7 Å². The molecule has 1 atom stereocenters. The number of hydrogen-bond acceptors (Lipinski definition) is 8. The molecule has 0 radical (unpaired) electrons. The molecule has 4 amide bonds. The molecule has 0 aliphatic carbocycles. The smallest absolute Gasteiger partial charge is 0.319 e. The van der Waals surface area contributed by atoms with E-state index >= 15 is 0 Å². The van der Waals surface area contributed by atoms with E-state index in [1.807, 2.05) is 0 Å². The van der Waals surface area contributed by atoms with E-state index in [1.54, 1.807) is 13.1 Å². The minimum atomic E-state index is -1.10. The van der Waals surface area contributed by atoms with Crippen molar-refractivity contribution in [2.24, 2.45) is 0 Å². The van der Waals surface area contributed by atoms with Gasteiger partial charge in [0.15, 0.2) is 0 Å². The lowest BCUT2D eigenvalue weighted by Gasteiger charge is -2.34. The van der Waals surface area contributed by atoms with E-state index < -0.39 is 35.6 Å². The third-order valence-corrected chi connectivity index (χ3v) is 4.67. The molecule has 0 saturated carbocycles. The zero-order chi connectivity index (χ0) is 20.4. The topological polar surface area (TPSA) is 139 Å². The van der Waals surface area contributed by atoms with E-state index in [0.29, 0.717) is 0 Å². The zero-order valence-electron chi connectivity index (χ0n) is 15.3. The first kappa shape index (κ1) is 19.5. The van der Waals surface area contributed by atoms with Gasteiger partial charge in [0.05, 0.1) is 24.2 Å². The van der Waals surface area contributed by atoms with Crippen LogP contribution in [-0.4, -0.2) is 72.2 Å². The maximum atomic E-state index is 12.8. The minimum absolute atomic E-state index is 0.000972. The van der Waals surface area contributed by atoms with Crippen LogP contribution in [0.25, 0.3) is 0 Å². The number of rotatable bonds is 6. The van der Waals surface area contributed by atoms with Gasteiger partial charge in [-0.1, -0.05) is 6.07 Å². The molecule has 1 saturated heterocycles. The van der Waals surface area contributed by atoms with Crippen LogP contribution in [-0.2, 0) is 19.1 Å². The second kappa shape index (κ2) is 7.77. The normalized spacial score (nSPS) is 19.2. The van der Waals surface area contributed by atoms with Crippen molar-refractivity contribution in [3.63, 3.8) is 0 Å². The molecule has 148 valence electrons. The van der Waals surface area contributed by atoms with Gasteiger partial charge in [-0.3, -0.25) is 33.8 Å². The molecule has 10 heteroatoms. The fourth-order valence-corrected chi connectivity index (χ4v) is 3.35. The molecular formula is C18H20N4O6. The van der Waals surface area contributed by atoms with Gasteiger partial charge in [0, 0.05) is 12.1 Å². The molecule has 3 rings (SSSR count). The summed E-state index contributed by atoms with van der Waals surface area (Å²) in [6.45, 7) is -0.310. The summed E-state index contributed by atoms with van der Waals surface area (Å²) >= 11 is 0. The summed E-state index contributed by atoms with van der Waals surface area (Å²) in [7, 11) is 1.58. The summed E-state index contributed by atoms with van der Waals surface area (Å²) in [5, 5.41) is 2.63. The Labute approximate surface area is 160 Å². The fraction of sp³-hybridized carbons (Fsp3) is 0.389. The first-order valence-corrected chi connectivity index (χ1v) is 8.77. The lowest BCUT2D eigenvalue weighted by molar-refractivity contribution is -0.155. The lowest BCUT2D eigenvalue weighted by Crippen LogP contribution is -2.56. The number of carbonyl (C=O) groups is 5. The summed E-state index contributed by atoms with van der Waals surface area (Å²) in [5.74, 6) is -2.89. The number of nitrogens with one attached hydrogen (secondary N) is 1. The molecule has 0 spiro atoms. The van der Waals surface area contributed by atoms with Gasteiger partial charge in [-0.15, -0.1) is 0 Å². The predicted molar refractivity (Wildman–Crippen MR) is 96.0 cm³/mol. The number of imide groups is 2. The maximum absolute atomic E-state index is 12.8. The van der Waals surface area contributed by atoms with Crippen LogP contribution >= 0.6 is 0 Å². The Balaban J connectivity index is 1.75. The fourth-order valence-electron chi connectivity index (χ4n) is 3.35. The standard InChI is InChI=1S/C18H20N4O6/c1-20-9-14(24)28-8-7-21-13(23)6-5-12(17(21)26)22-16(25)10-3-2-4-11(19)15(10)18(22)27/h2-4,12,20H,5-9,19H2,1H3. The van der Waals surface area contributed by atoms with E-state index in [1.165, 1.54) is 12.1 Å². The van der Waals surface area contributed by atoms with Gasteiger partial charge in [-0.05, 0) is 25.6 Å². The van der Waals surface area contributed by atoms with Crippen LogP contribution in [0.3, 0.4) is 0 Å². The molecular weight excluding hydrogens is 368 g/mol. The molecule has 2 aliphatic rings. The second-order valence-corrected chi connectivity index (χ2v) is 6.44. The third-order valence-electron chi connectivity index (χ3n) is 4.67. The number of nitrogens with two attached hydrogens (primary N) is 1. The van der Waals surface area contributed by atoms with Crippen molar-refractivity contribution in [3.05, 3.63) is 29.3 Å². The highest BCUT2D eigenvalue weighted by molar-refractivity contribution is 6.25. The molecule has 1 aromatic rings. The van der Waals surface area contributed by atoms with Crippen LogP contribution in [0.15, 0.2) is 18.2 Å². The highest BCUT2D eigenvalue weighted by atomic mass is 16.5. The van der Waals surface area contributed by atoms with Crippen molar-refractivity contribution in [2.75, 3.05) is 32.5 Å². The molecule has 28 heavy (non-hydrogen) atoms. The summed E-state index contributed by atoms with van der Waals surface area (Å²) in [6, 6.07) is 3.44. The van der Waals surface area contributed by atoms with Gasteiger partial charge in [-0.25, -0.2) is 0 Å². The van der Waals surface area contributed by atoms with Gasteiger partial charge in [0.1, 0.15) is 12.6 Å². The predicted octanol–water partition coefficient (Wildman–Crippen LogP) is -0.855. The number of ether oxygens (including phenoxy) is 1. The highest BCUT2D eigenvalue weighted by Crippen LogP contribution is 2.31. The Kier molecular flexibility index (Phi) is 5.41. The number of esters is 1. The summed E-state index contributed by atoms with van der Waals surface area (Å²) < 4.78 is 4.94. The number of benzene rings is 1. The molecule has 1 aromatic carbocycles. The first-order valence-electron chi connectivity index (χ1n) is 8.77. The van der Waals surface area contributed by atoms with Crippen LogP contribution in [0, 0.1) is 0 Å². The first-order chi connectivity index (χ1) is 13.4. The molecule has 1 unspecified atom stereocenters.